The molecule has 1 heterocycles. The average Bonchev–Trinajstić information content (AvgIpc) is 2.35. The van der Waals surface area contributed by atoms with Crippen LogP contribution in [0.4, 0.5) is 0 Å². The fourth-order valence-corrected chi connectivity index (χ4v) is 1.28. The van der Waals surface area contributed by atoms with Gasteiger partial charge in [-0.2, -0.15) is 0 Å². The minimum Gasteiger partial charge on any atom is -0.367 e. The van der Waals surface area contributed by atoms with E-state index >= 15 is 0 Å². The Morgan fingerprint density at radius 3 is 3.00 bits per heavy atom. The molecule has 0 fully saturated rings. The molecule has 0 saturated heterocycles. The fraction of sp³-hybridized carbons (Fsp3) is 0.286. The number of hydrogen-bond acceptors (Lipinski definition) is 1. The van der Waals surface area contributed by atoms with Gasteiger partial charge in [0.25, 0.3) is 0 Å². The van der Waals surface area contributed by atoms with Crippen molar-refractivity contribution in [2.75, 3.05) is 0 Å². The van der Waals surface area contributed by atoms with Gasteiger partial charge in [0.05, 0.1) is 0 Å². The molecule has 0 aromatic carbocycles. The minimum atomic E-state index is 0.784. The molecule has 9 heavy (non-hydrogen) atoms. The fourth-order valence-electron chi connectivity index (χ4n) is 1.28. The third-order valence-electron chi connectivity index (χ3n) is 1.80. The van der Waals surface area contributed by atoms with Crippen LogP contribution in [0.25, 0.3) is 0 Å². The molecule has 0 unspecified atom stereocenters. The van der Waals surface area contributed by atoms with Gasteiger partial charge in [-0.25, -0.2) is 0 Å². The standard InChI is InChI=1S/C7H8N2/c8-7-2-1-5-3-9-4-6(5)7/h3-4,8-9H,1-2H2. The molecule has 2 rings (SSSR count). The van der Waals surface area contributed by atoms with Gasteiger partial charge in [-0.15, -0.1) is 0 Å². The van der Waals surface area contributed by atoms with Gasteiger partial charge >= 0.3 is 0 Å². The molecule has 0 bridgehead atoms. The number of H-pyrrole nitrogens is 1. The van der Waals surface area contributed by atoms with E-state index in [0.29, 0.717) is 0 Å². The second kappa shape index (κ2) is 1.47. The Kier molecular flexibility index (Phi) is 0.781. The van der Waals surface area contributed by atoms with E-state index in [1.807, 2.05) is 12.4 Å². The van der Waals surface area contributed by atoms with E-state index in [-0.39, 0.29) is 0 Å². The van der Waals surface area contributed by atoms with Crippen molar-refractivity contribution in [1.82, 2.24) is 4.98 Å². The van der Waals surface area contributed by atoms with Crippen molar-refractivity contribution in [2.45, 2.75) is 12.8 Å². The summed E-state index contributed by atoms with van der Waals surface area (Å²) in [6, 6.07) is 0. The molecule has 0 aliphatic heterocycles. The summed E-state index contributed by atoms with van der Waals surface area (Å²) in [6.45, 7) is 0. The van der Waals surface area contributed by atoms with Crippen LogP contribution < -0.4 is 0 Å². The number of hydrogen-bond donors (Lipinski definition) is 2. The van der Waals surface area contributed by atoms with Crippen molar-refractivity contribution >= 4 is 5.71 Å². The van der Waals surface area contributed by atoms with Gasteiger partial charge in [-0.1, -0.05) is 0 Å². The summed E-state index contributed by atoms with van der Waals surface area (Å²) >= 11 is 0. The first-order valence-corrected chi connectivity index (χ1v) is 3.11. The molecule has 0 amide bonds. The summed E-state index contributed by atoms with van der Waals surface area (Å²) in [7, 11) is 0. The quantitative estimate of drug-likeness (QED) is 0.518. The lowest BCUT2D eigenvalue weighted by atomic mass is 10.2. The Bertz CT molecular complexity index is 247. The smallest absolute Gasteiger partial charge is 0.0407 e. The van der Waals surface area contributed by atoms with Crippen molar-refractivity contribution in [3.63, 3.8) is 0 Å². The van der Waals surface area contributed by atoms with E-state index in [2.05, 4.69) is 4.98 Å². The summed E-state index contributed by atoms with van der Waals surface area (Å²) in [5, 5.41) is 7.43. The van der Waals surface area contributed by atoms with Crippen molar-refractivity contribution in [1.29, 1.82) is 5.41 Å². The molecule has 1 aromatic rings. The molecule has 1 aliphatic carbocycles. The number of fused-ring (bicyclic) bond motifs is 1. The third-order valence-corrected chi connectivity index (χ3v) is 1.80. The highest BCUT2D eigenvalue weighted by Gasteiger charge is 2.15. The van der Waals surface area contributed by atoms with Gasteiger partial charge in [-0.3, -0.25) is 0 Å². The van der Waals surface area contributed by atoms with Crippen LogP contribution in [-0.2, 0) is 6.42 Å². The lowest BCUT2D eigenvalue weighted by Crippen LogP contribution is -1.87. The van der Waals surface area contributed by atoms with E-state index in [9.17, 15) is 0 Å². The van der Waals surface area contributed by atoms with Gasteiger partial charge in [0, 0.05) is 23.7 Å². The average molecular weight is 120 g/mol. The highest BCUT2D eigenvalue weighted by Crippen LogP contribution is 2.19. The second-order valence-corrected chi connectivity index (χ2v) is 2.37. The number of aromatic nitrogens is 1. The van der Waals surface area contributed by atoms with Gasteiger partial charge in [0.15, 0.2) is 0 Å². The van der Waals surface area contributed by atoms with Crippen LogP contribution in [0.2, 0.25) is 0 Å². The van der Waals surface area contributed by atoms with Crippen LogP contribution in [0.5, 0.6) is 0 Å². The topological polar surface area (TPSA) is 39.6 Å². The van der Waals surface area contributed by atoms with Gasteiger partial charge in [-0.05, 0) is 18.4 Å². The molecule has 1 aliphatic rings. The SMILES string of the molecule is N=C1CCc2c[nH]cc21. The van der Waals surface area contributed by atoms with E-state index in [0.717, 1.165) is 24.1 Å². The molecule has 46 valence electrons. The first-order valence-electron chi connectivity index (χ1n) is 3.11. The predicted octanol–water partition coefficient (Wildman–Crippen LogP) is 1.33. The maximum Gasteiger partial charge on any atom is 0.0407 e. The zero-order valence-electron chi connectivity index (χ0n) is 5.07. The first-order chi connectivity index (χ1) is 4.38. The molecule has 0 saturated carbocycles. The molecular formula is C7H8N2. The summed E-state index contributed by atoms with van der Waals surface area (Å²) in [6.07, 6.45) is 5.87. The van der Waals surface area contributed by atoms with Crippen LogP contribution >= 0.6 is 0 Å². The van der Waals surface area contributed by atoms with E-state index in [1.54, 1.807) is 0 Å². The van der Waals surface area contributed by atoms with Gasteiger partial charge in [0.2, 0.25) is 0 Å². The van der Waals surface area contributed by atoms with Crippen LogP contribution in [0, 0.1) is 5.41 Å². The molecule has 2 heteroatoms. The molecule has 0 spiro atoms. The molecule has 2 N–H and O–H groups in total. The third kappa shape index (κ3) is 0.529. The van der Waals surface area contributed by atoms with Gasteiger partial charge in [0.1, 0.15) is 0 Å². The van der Waals surface area contributed by atoms with Gasteiger partial charge < -0.3 is 10.4 Å². The lowest BCUT2D eigenvalue weighted by molar-refractivity contribution is 1.08. The highest BCUT2D eigenvalue weighted by molar-refractivity contribution is 6.02. The Balaban J connectivity index is 2.61. The Hall–Kier alpha value is -1.05. The largest absolute Gasteiger partial charge is 0.367 e. The van der Waals surface area contributed by atoms with E-state index < -0.39 is 0 Å². The van der Waals surface area contributed by atoms with Crippen molar-refractivity contribution in [3.05, 3.63) is 23.5 Å². The number of aryl methyl sites for hydroxylation is 1. The molecule has 2 nitrogen and oxygen atoms in total. The zero-order valence-corrected chi connectivity index (χ0v) is 5.07. The monoisotopic (exact) mass is 120 g/mol. The summed E-state index contributed by atoms with van der Waals surface area (Å²) in [5.41, 5.74) is 3.21. The zero-order chi connectivity index (χ0) is 6.27. The van der Waals surface area contributed by atoms with Crippen molar-refractivity contribution < 1.29 is 0 Å². The molecule has 0 radical (unpaired) electrons. The normalized spacial score (nSPS) is 16.2. The maximum atomic E-state index is 7.43. The second-order valence-electron chi connectivity index (χ2n) is 2.37. The van der Waals surface area contributed by atoms with E-state index in [1.165, 1.54) is 5.56 Å². The first kappa shape index (κ1) is 4.79. The number of aromatic amines is 1. The Morgan fingerprint density at radius 2 is 2.22 bits per heavy atom. The van der Waals surface area contributed by atoms with Crippen LogP contribution in [0.3, 0.4) is 0 Å². The summed E-state index contributed by atoms with van der Waals surface area (Å²) in [4.78, 5) is 2.99. The summed E-state index contributed by atoms with van der Waals surface area (Å²) < 4.78 is 0. The molecule has 0 atom stereocenters. The summed E-state index contributed by atoms with van der Waals surface area (Å²) in [5.74, 6) is 0. The number of nitrogens with one attached hydrogen (secondary N) is 2. The van der Waals surface area contributed by atoms with E-state index in [4.69, 9.17) is 5.41 Å². The highest BCUT2D eigenvalue weighted by atomic mass is 14.7. The van der Waals surface area contributed by atoms with Crippen molar-refractivity contribution in [3.8, 4) is 0 Å². The number of rotatable bonds is 0. The predicted molar refractivity (Wildman–Crippen MR) is 35.9 cm³/mol. The lowest BCUT2D eigenvalue weighted by Gasteiger charge is -1.84. The minimum absolute atomic E-state index is 0.784. The maximum absolute atomic E-state index is 7.43. The van der Waals surface area contributed by atoms with Crippen LogP contribution in [-0.4, -0.2) is 10.7 Å². The Labute approximate surface area is 53.4 Å². The Morgan fingerprint density at radius 1 is 1.33 bits per heavy atom. The van der Waals surface area contributed by atoms with Crippen LogP contribution in [0.15, 0.2) is 12.4 Å². The van der Waals surface area contributed by atoms with Crippen molar-refractivity contribution in [2.24, 2.45) is 0 Å². The molecular weight excluding hydrogens is 112 g/mol. The van der Waals surface area contributed by atoms with Crippen LogP contribution in [0.1, 0.15) is 17.5 Å². The molecule has 1 aromatic heterocycles.